The van der Waals surface area contributed by atoms with Crippen molar-refractivity contribution in [3.8, 4) is 17.4 Å². The average Bonchev–Trinajstić information content (AvgIpc) is 3.07. The highest BCUT2D eigenvalue weighted by Crippen LogP contribution is 2.33. The Morgan fingerprint density at radius 1 is 0.957 bits per heavy atom. The van der Waals surface area contributed by atoms with Gasteiger partial charge in [-0.1, -0.05) is 44.2 Å². The molecule has 1 aliphatic rings. The van der Waals surface area contributed by atoms with E-state index in [2.05, 4.69) is 63.3 Å². The largest absolute Gasteiger partial charge is 0.495 e. The number of piperazine rings is 1. The normalized spacial score (nSPS) is 13.5. The topological polar surface area (TPSA) is 95.1 Å². The Labute approximate surface area is 278 Å². The number of hydrogen-bond acceptors (Lipinski definition) is 9. The fourth-order valence-electron chi connectivity index (χ4n) is 5.75. The minimum Gasteiger partial charge on any atom is -0.495 e. The van der Waals surface area contributed by atoms with Gasteiger partial charge in [0.2, 0.25) is 11.8 Å². The molecule has 3 aromatic carbocycles. The molecule has 1 saturated heterocycles. The molecule has 10 heteroatoms. The number of nitrogens with one attached hydrogen (secondary N) is 2. The number of aromatic nitrogens is 2. The molecule has 0 bridgehead atoms. The van der Waals surface area contributed by atoms with E-state index < -0.39 is 0 Å². The van der Waals surface area contributed by atoms with E-state index in [1.807, 2.05) is 62.4 Å². The minimum atomic E-state index is -0.347. The van der Waals surface area contributed by atoms with Crippen LogP contribution in [0.4, 0.5) is 23.0 Å². The Morgan fingerprint density at radius 3 is 2.38 bits per heavy atom. The van der Waals surface area contributed by atoms with Crippen LogP contribution in [0.3, 0.4) is 0 Å². The lowest BCUT2D eigenvalue weighted by atomic mass is 10.1. The molecule has 10 nitrogen and oxygen atoms in total. The summed E-state index contributed by atoms with van der Waals surface area (Å²) in [5, 5.41) is 6.34. The van der Waals surface area contributed by atoms with E-state index in [9.17, 15) is 4.79 Å². The van der Waals surface area contributed by atoms with Crippen molar-refractivity contribution in [3.63, 3.8) is 0 Å². The van der Waals surface area contributed by atoms with Crippen LogP contribution in [0.5, 0.6) is 17.4 Å². The van der Waals surface area contributed by atoms with E-state index in [-0.39, 0.29) is 17.4 Å². The van der Waals surface area contributed by atoms with Crippen molar-refractivity contribution in [2.75, 3.05) is 75.5 Å². The molecule has 5 rings (SSSR count). The van der Waals surface area contributed by atoms with Gasteiger partial charge in [0, 0.05) is 56.4 Å². The van der Waals surface area contributed by atoms with Crippen LogP contribution in [-0.4, -0.2) is 85.6 Å². The van der Waals surface area contributed by atoms with Crippen molar-refractivity contribution < 1.29 is 14.3 Å². The van der Waals surface area contributed by atoms with Gasteiger partial charge in [0.1, 0.15) is 17.1 Å². The predicted molar refractivity (Wildman–Crippen MR) is 190 cm³/mol. The fourth-order valence-corrected chi connectivity index (χ4v) is 5.75. The molecule has 0 radical (unpaired) electrons. The van der Waals surface area contributed by atoms with Gasteiger partial charge in [-0.2, -0.15) is 4.98 Å². The summed E-state index contributed by atoms with van der Waals surface area (Å²) in [6.07, 6.45) is 2.40. The lowest BCUT2D eigenvalue weighted by molar-refractivity contribution is 0.102. The molecular formula is C37H47N7O3. The number of ether oxygens (including phenoxy) is 2. The van der Waals surface area contributed by atoms with Gasteiger partial charge >= 0.3 is 0 Å². The molecule has 1 aliphatic heterocycles. The van der Waals surface area contributed by atoms with Gasteiger partial charge in [-0.05, 0) is 81.4 Å². The molecule has 0 atom stereocenters. The van der Waals surface area contributed by atoms with Gasteiger partial charge < -0.3 is 34.8 Å². The number of carbonyl (C=O) groups excluding carboxylic acids is 1. The summed E-state index contributed by atoms with van der Waals surface area (Å²) in [5.41, 5.74) is 5.89. The van der Waals surface area contributed by atoms with Crippen LogP contribution in [-0.2, 0) is 6.42 Å². The molecule has 4 aromatic rings. The maximum absolute atomic E-state index is 13.7. The van der Waals surface area contributed by atoms with Gasteiger partial charge in [-0.25, -0.2) is 4.98 Å². The monoisotopic (exact) mass is 637 g/mol. The number of hydrogen-bond donors (Lipinski definition) is 2. The smallest absolute Gasteiger partial charge is 0.262 e. The maximum Gasteiger partial charge on any atom is 0.262 e. The van der Waals surface area contributed by atoms with Crippen molar-refractivity contribution >= 4 is 28.9 Å². The Morgan fingerprint density at radius 2 is 1.68 bits per heavy atom. The number of carbonyl (C=O) groups is 1. The first-order valence-electron chi connectivity index (χ1n) is 16.4. The number of methoxy groups -OCH3 is 1. The molecule has 1 fully saturated rings. The molecule has 1 aromatic heterocycles. The van der Waals surface area contributed by atoms with Gasteiger partial charge in [-0.3, -0.25) is 4.79 Å². The van der Waals surface area contributed by atoms with Crippen molar-refractivity contribution in [2.45, 2.75) is 34.1 Å². The zero-order chi connectivity index (χ0) is 33.3. The Balaban J connectivity index is 1.42. The van der Waals surface area contributed by atoms with Gasteiger partial charge in [0.25, 0.3) is 5.91 Å². The zero-order valence-electron chi connectivity index (χ0n) is 28.5. The van der Waals surface area contributed by atoms with Crippen LogP contribution in [0.1, 0.15) is 40.9 Å². The first-order chi connectivity index (χ1) is 22.8. The van der Waals surface area contributed by atoms with Crippen molar-refractivity contribution in [1.82, 2.24) is 19.8 Å². The summed E-state index contributed by atoms with van der Waals surface area (Å²) >= 11 is 0. The number of benzene rings is 3. The van der Waals surface area contributed by atoms with Crippen LogP contribution in [0.15, 0.2) is 66.9 Å². The molecule has 0 unspecified atom stereocenters. The van der Waals surface area contributed by atoms with E-state index in [1.54, 1.807) is 7.11 Å². The number of para-hydroxylation sites is 1. The Kier molecular flexibility index (Phi) is 11.3. The van der Waals surface area contributed by atoms with Crippen molar-refractivity contribution in [1.29, 1.82) is 0 Å². The summed E-state index contributed by atoms with van der Waals surface area (Å²) in [6, 6.07) is 19.8. The average molecular weight is 638 g/mol. The lowest BCUT2D eigenvalue weighted by Crippen LogP contribution is -2.44. The van der Waals surface area contributed by atoms with Crippen LogP contribution in [0, 0.1) is 13.8 Å². The second-order valence-corrected chi connectivity index (χ2v) is 12.0. The predicted octanol–water partition coefficient (Wildman–Crippen LogP) is 6.53. The molecule has 0 spiro atoms. The Hall–Kier alpha value is -4.67. The first kappa shape index (κ1) is 33.7. The highest BCUT2D eigenvalue weighted by molar-refractivity contribution is 6.06. The van der Waals surface area contributed by atoms with Crippen molar-refractivity contribution in [2.24, 2.45) is 0 Å². The number of nitrogens with zero attached hydrogens (tertiary/aromatic N) is 5. The summed E-state index contributed by atoms with van der Waals surface area (Å²) in [7, 11) is 3.82. The van der Waals surface area contributed by atoms with Crippen molar-refractivity contribution in [3.05, 3.63) is 89.1 Å². The standard InChI is InChI=1S/C37H47N7O3/c1-7-43(8-2)18-17-28-13-10-14-30(23-28)47-36-31(35(45)40-34-26(3)11-9-12-27(34)4)25-38-37(41-36)39-29-15-16-32(33(24-29)46-6)44-21-19-42(5)20-22-44/h9-16,23-25H,7-8,17-22H2,1-6H3,(H,40,45)(H,38,39,41). The van der Waals surface area contributed by atoms with E-state index in [0.717, 1.165) is 91.7 Å². The second kappa shape index (κ2) is 15.8. The van der Waals surface area contributed by atoms with E-state index >= 15 is 0 Å². The minimum absolute atomic E-state index is 0.160. The second-order valence-electron chi connectivity index (χ2n) is 12.0. The summed E-state index contributed by atoms with van der Waals surface area (Å²) in [6.45, 7) is 15.1. The van der Waals surface area contributed by atoms with Crippen LogP contribution < -0.4 is 25.0 Å². The van der Waals surface area contributed by atoms with Gasteiger partial charge in [0.15, 0.2) is 0 Å². The quantitative estimate of drug-likeness (QED) is 0.170. The van der Waals surface area contributed by atoms with Crippen LogP contribution in [0.2, 0.25) is 0 Å². The number of amides is 1. The summed E-state index contributed by atoms with van der Waals surface area (Å²) < 4.78 is 12.1. The highest BCUT2D eigenvalue weighted by Gasteiger charge is 2.21. The molecule has 0 aliphatic carbocycles. The number of rotatable bonds is 13. The molecule has 1 amide bonds. The fraction of sp³-hybridized carbons (Fsp3) is 0.378. The maximum atomic E-state index is 13.7. The SMILES string of the molecule is CCN(CC)CCc1cccc(Oc2nc(Nc3ccc(N4CCN(C)CC4)c(OC)c3)ncc2C(=O)Nc2c(C)cccc2C)c1. The number of anilines is 4. The first-order valence-corrected chi connectivity index (χ1v) is 16.4. The zero-order valence-corrected chi connectivity index (χ0v) is 28.5. The van der Waals surface area contributed by atoms with E-state index in [1.165, 1.54) is 6.20 Å². The Bertz CT molecular complexity index is 1650. The molecule has 248 valence electrons. The third kappa shape index (κ3) is 8.58. The van der Waals surface area contributed by atoms with Crippen LogP contribution in [0.25, 0.3) is 0 Å². The van der Waals surface area contributed by atoms with E-state index in [4.69, 9.17) is 14.5 Å². The number of likely N-dealkylation sites (N-methyl/N-ethyl adjacent to an activating group) is 2. The third-order valence-corrected chi connectivity index (χ3v) is 8.72. The number of aryl methyl sites for hydroxylation is 2. The summed E-state index contributed by atoms with van der Waals surface area (Å²) in [4.78, 5) is 30.0. The van der Waals surface area contributed by atoms with Gasteiger partial charge in [0.05, 0.1) is 12.8 Å². The molecule has 2 heterocycles. The highest BCUT2D eigenvalue weighted by atomic mass is 16.5. The van der Waals surface area contributed by atoms with Crippen LogP contribution >= 0.6 is 0 Å². The van der Waals surface area contributed by atoms with Gasteiger partial charge in [-0.15, -0.1) is 0 Å². The molecular weight excluding hydrogens is 590 g/mol. The lowest BCUT2D eigenvalue weighted by Gasteiger charge is -2.34. The molecule has 47 heavy (non-hydrogen) atoms. The third-order valence-electron chi connectivity index (χ3n) is 8.72. The molecule has 0 saturated carbocycles. The molecule has 2 N–H and O–H groups in total. The van der Waals surface area contributed by atoms with E-state index in [0.29, 0.717) is 11.7 Å². The summed E-state index contributed by atoms with van der Waals surface area (Å²) in [5.74, 6) is 1.48.